The lowest BCUT2D eigenvalue weighted by atomic mass is 10.2. The first kappa shape index (κ1) is 13.3. The Kier molecular flexibility index (Phi) is 3.64. The molecule has 0 aliphatic heterocycles. The second-order valence-corrected chi connectivity index (χ2v) is 4.81. The van der Waals surface area contributed by atoms with Crippen molar-refractivity contribution < 1.29 is 14.3 Å². The zero-order valence-electron chi connectivity index (χ0n) is 11.2. The van der Waals surface area contributed by atoms with Crippen LogP contribution >= 0.6 is 0 Å². The number of carbonyl (C=O) groups is 2. The minimum Gasteiger partial charge on any atom is -0.464 e. The number of hydrogen-bond donors (Lipinski definition) is 0. The number of carbonyl (C=O) groups excluding carboxylic acids is 2. The zero-order chi connectivity index (χ0) is 14.0. The number of esters is 1. The van der Waals surface area contributed by atoms with Gasteiger partial charge in [0.15, 0.2) is 12.0 Å². The van der Waals surface area contributed by atoms with E-state index in [0.29, 0.717) is 17.1 Å². The molecular formula is C14H16N2O3. The van der Waals surface area contributed by atoms with Crippen molar-refractivity contribution in [3.63, 3.8) is 0 Å². The second kappa shape index (κ2) is 5.22. The number of pyridine rings is 1. The van der Waals surface area contributed by atoms with Crippen LogP contribution < -0.4 is 0 Å². The SMILES string of the molecule is COC(=O)c1ccc2c(C=O)cn(CC(C)C)c2n1. The summed E-state index contributed by atoms with van der Waals surface area (Å²) in [4.78, 5) is 26.9. The van der Waals surface area contributed by atoms with Crippen LogP contribution in [0.4, 0.5) is 0 Å². The third-order valence-electron chi connectivity index (χ3n) is 2.84. The number of hydrogen-bond acceptors (Lipinski definition) is 4. The Bertz CT molecular complexity index is 629. The summed E-state index contributed by atoms with van der Waals surface area (Å²) in [5.74, 6) is -0.0643. The van der Waals surface area contributed by atoms with Crippen molar-refractivity contribution in [1.29, 1.82) is 0 Å². The fourth-order valence-electron chi connectivity index (χ4n) is 2.04. The van der Waals surface area contributed by atoms with Crippen LogP contribution in [0.25, 0.3) is 11.0 Å². The van der Waals surface area contributed by atoms with E-state index in [1.165, 1.54) is 7.11 Å². The molecule has 2 heterocycles. The van der Waals surface area contributed by atoms with Gasteiger partial charge in [-0.1, -0.05) is 13.8 Å². The van der Waals surface area contributed by atoms with Gasteiger partial charge in [-0.2, -0.15) is 0 Å². The summed E-state index contributed by atoms with van der Waals surface area (Å²) in [7, 11) is 1.32. The molecule has 0 spiro atoms. The lowest BCUT2D eigenvalue weighted by molar-refractivity contribution is 0.0594. The topological polar surface area (TPSA) is 61.2 Å². The molecular weight excluding hydrogens is 244 g/mol. The van der Waals surface area contributed by atoms with Crippen molar-refractivity contribution in [1.82, 2.24) is 9.55 Å². The van der Waals surface area contributed by atoms with Crippen molar-refractivity contribution in [2.45, 2.75) is 20.4 Å². The fourth-order valence-corrected chi connectivity index (χ4v) is 2.04. The molecule has 0 unspecified atom stereocenters. The van der Waals surface area contributed by atoms with Crippen LogP contribution in [-0.2, 0) is 11.3 Å². The Morgan fingerprint density at radius 2 is 2.21 bits per heavy atom. The highest BCUT2D eigenvalue weighted by Crippen LogP contribution is 2.20. The molecule has 2 aromatic rings. The maximum absolute atomic E-state index is 11.5. The molecule has 0 saturated carbocycles. The molecule has 100 valence electrons. The van der Waals surface area contributed by atoms with E-state index in [1.54, 1.807) is 18.3 Å². The van der Waals surface area contributed by atoms with E-state index in [4.69, 9.17) is 0 Å². The van der Waals surface area contributed by atoms with Crippen LogP contribution in [0.1, 0.15) is 34.7 Å². The summed E-state index contributed by atoms with van der Waals surface area (Å²) >= 11 is 0. The fraction of sp³-hybridized carbons (Fsp3) is 0.357. The maximum Gasteiger partial charge on any atom is 0.356 e. The molecule has 0 fully saturated rings. The van der Waals surface area contributed by atoms with E-state index in [0.717, 1.165) is 18.2 Å². The smallest absolute Gasteiger partial charge is 0.356 e. The second-order valence-electron chi connectivity index (χ2n) is 4.81. The highest BCUT2D eigenvalue weighted by atomic mass is 16.5. The standard InChI is InChI=1S/C14H16N2O3/c1-9(2)6-16-7-10(8-17)11-4-5-12(14(18)19-3)15-13(11)16/h4-5,7-9H,6H2,1-3H3. The van der Waals surface area contributed by atoms with Gasteiger partial charge in [-0.05, 0) is 18.1 Å². The van der Waals surface area contributed by atoms with Crippen LogP contribution in [0.2, 0.25) is 0 Å². The molecule has 0 radical (unpaired) electrons. The average molecular weight is 260 g/mol. The van der Waals surface area contributed by atoms with Crippen LogP contribution in [0.5, 0.6) is 0 Å². The predicted molar refractivity (Wildman–Crippen MR) is 71.3 cm³/mol. The summed E-state index contributed by atoms with van der Waals surface area (Å²) in [6.07, 6.45) is 2.57. The molecule has 5 heteroatoms. The lowest BCUT2D eigenvalue weighted by Crippen LogP contribution is -2.07. The van der Waals surface area contributed by atoms with Crippen molar-refractivity contribution >= 4 is 23.3 Å². The highest BCUT2D eigenvalue weighted by molar-refractivity contribution is 5.98. The summed E-state index contributed by atoms with van der Waals surface area (Å²) in [6, 6.07) is 3.30. The van der Waals surface area contributed by atoms with E-state index < -0.39 is 5.97 Å². The van der Waals surface area contributed by atoms with Gasteiger partial charge in [0.05, 0.1) is 7.11 Å². The zero-order valence-corrected chi connectivity index (χ0v) is 11.2. The first-order chi connectivity index (χ1) is 9.06. The minimum absolute atomic E-state index is 0.246. The van der Waals surface area contributed by atoms with Gasteiger partial charge in [-0.15, -0.1) is 0 Å². The predicted octanol–water partition coefficient (Wildman–Crippen LogP) is 2.29. The van der Waals surface area contributed by atoms with Crippen LogP contribution in [0.15, 0.2) is 18.3 Å². The van der Waals surface area contributed by atoms with Gasteiger partial charge in [0.2, 0.25) is 0 Å². The van der Waals surface area contributed by atoms with Crippen molar-refractivity contribution in [2.75, 3.05) is 7.11 Å². The van der Waals surface area contributed by atoms with Gasteiger partial charge in [-0.25, -0.2) is 9.78 Å². The molecule has 2 rings (SSSR count). The van der Waals surface area contributed by atoms with Gasteiger partial charge >= 0.3 is 5.97 Å². The van der Waals surface area contributed by atoms with E-state index in [2.05, 4.69) is 23.6 Å². The van der Waals surface area contributed by atoms with Crippen LogP contribution in [0.3, 0.4) is 0 Å². The van der Waals surface area contributed by atoms with Crippen molar-refractivity contribution in [3.8, 4) is 0 Å². The molecule has 5 nitrogen and oxygen atoms in total. The molecule has 0 aliphatic rings. The number of aldehydes is 1. The third-order valence-corrected chi connectivity index (χ3v) is 2.84. The molecule has 0 N–H and O–H groups in total. The quantitative estimate of drug-likeness (QED) is 0.625. The molecule has 0 aliphatic carbocycles. The summed E-state index contributed by atoms with van der Waals surface area (Å²) in [5, 5.41) is 0.753. The first-order valence-electron chi connectivity index (χ1n) is 6.10. The number of rotatable bonds is 4. The van der Waals surface area contributed by atoms with Gasteiger partial charge < -0.3 is 9.30 Å². The Hall–Kier alpha value is -2.17. The number of ether oxygens (including phenoxy) is 1. The Morgan fingerprint density at radius 3 is 2.79 bits per heavy atom. The average Bonchev–Trinajstić information content (AvgIpc) is 2.74. The monoisotopic (exact) mass is 260 g/mol. The number of nitrogens with zero attached hydrogens (tertiary/aromatic N) is 2. The Morgan fingerprint density at radius 1 is 1.47 bits per heavy atom. The van der Waals surface area contributed by atoms with Gasteiger partial charge in [0, 0.05) is 23.7 Å². The highest BCUT2D eigenvalue weighted by Gasteiger charge is 2.14. The van der Waals surface area contributed by atoms with Crippen LogP contribution in [0, 0.1) is 5.92 Å². The number of aromatic nitrogens is 2. The normalized spacial score (nSPS) is 10.9. The molecule has 0 bridgehead atoms. The van der Waals surface area contributed by atoms with E-state index in [1.807, 2.05) is 4.57 Å². The molecule has 0 amide bonds. The van der Waals surface area contributed by atoms with Crippen molar-refractivity contribution in [2.24, 2.45) is 5.92 Å². The molecule has 0 aromatic carbocycles. The van der Waals surface area contributed by atoms with Gasteiger partial charge in [-0.3, -0.25) is 4.79 Å². The van der Waals surface area contributed by atoms with E-state index in [-0.39, 0.29) is 5.69 Å². The summed E-state index contributed by atoms with van der Waals surface area (Å²) in [6.45, 7) is 4.90. The van der Waals surface area contributed by atoms with E-state index in [9.17, 15) is 9.59 Å². The van der Waals surface area contributed by atoms with E-state index >= 15 is 0 Å². The molecule has 0 atom stereocenters. The van der Waals surface area contributed by atoms with Gasteiger partial charge in [0.1, 0.15) is 5.65 Å². The molecule has 2 aromatic heterocycles. The Labute approximate surface area is 111 Å². The Balaban J connectivity index is 2.60. The number of methoxy groups -OCH3 is 1. The maximum atomic E-state index is 11.5. The third kappa shape index (κ3) is 2.50. The summed E-state index contributed by atoms with van der Waals surface area (Å²) < 4.78 is 6.56. The largest absolute Gasteiger partial charge is 0.464 e. The summed E-state index contributed by atoms with van der Waals surface area (Å²) in [5.41, 5.74) is 1.47. The molecule has 0 saturated heterocycles. The lowest BCUT2D eigenvalue weighted by Gasteiger charge is -2.07. The number of fused-ring (bicyclic) bond motifs is 1. The van der Waals surface area contributed by atoms with Crippen molar-refractivity contribution in [3.05, 3.63) is 29.6 Å². The minimum atomic E-state index is -0.480. The first-order valence-corrected chi connectivity index (χ1v) is 6.10. The molecule has 19 heavy (non-hydrogen) atoms. The van der Waals surface area contributed by atoms with Crippen LogP contribution in [-0.4, -0.2) is 28.9 Å². The van der Waals surface area contributed by atoms with Gasteiger partial charge in [0.25, 0.3) is 0 Å².